The first kappa shape index (κ1) is 20.0. The number of nitrogens with one attached hydrogen (secondary N) is 1. The van der Waals surface area contributed by atoms with Crippen LogP contribution in [0, 0.1) is 11.3 Å². The van der Waals surface area contributed by atoms with Crippen LogP contribution in [0.3, 0.4) is 0 Å². The molecule has 0 saturated heterocycles. The molecule has 1 heterocycles. The average Bonchev–Trinajstić information content (AvgIpc) is 2.69. The number of anilines is 1. The van der Waals surface area contributed by atoms with Crippen molar-refractivity contribution in [2.45, 2.75) is 19.4 Å². The van der Waals surface area contributed by atoms with Crippen LogP contribution in [0.2, 0.25) is 5.02 Å². The minimum absolute atomic E-state index is 0.0455. The highest BCUT2D eigenvalue weighted by Gasteiger charge is 2.27. The van der Waals surface area contributed by atoms with Crippen molar-refractivity contribution in [1.29, 1.82) is 5.26 Å². The molecule has 0 radical (unpaired) electrons. The van der Waals surface area contributed by atoms with Gasteiger partial charge in [-0.15, -0.1) is 0 Å². The number of hydrogen-bond acceptors (Lipinski definition) is 5. The lowest BCUT2D eigenvalue weighted by Gasteiger charge is -2.35. The minimum atomic E-state index is -0.186. The van der Waals surface area contributed by atoms with Crippen molar-refractivity contribution < 1.29 is 14.3 Å². The summed E-state index contributed by atoms with van der Waals surface area (Å²) in [6, 6.07) is 10.9. The number of amides is 1. The number of fused-ring (bicyclic) bond motifs is 1. The van der Waals surface area contributed by atoms with Crippen LogP contribution in [0.1, 0.15) is 29.7 Å². The lowest BCUT2D eigenvalue weighted by atomic mass is 9.93. The fourth-order valence-corrected chi connectivity index (χ4v) is 3.68. The highest BCUT2D eigenvalue weighted by molar-refractivity contribution is 6.31. The molecule has 0 aromatic heterocycles. The first-order valence-electron chi connectivity index (χ1n) is 8.95. The standard InChI is InChI=1S/C21H22ClN3O3/c1-13-17-10-20(28-3)19(27-2)8-14(17)6-7-25(13)12-21(26)24-18-9-16(22)5-4-15(18)11-23/h4-5,8-10,13H,6-7,12H2,1-3H3,(H,24,26)/t13-/m0/s1. The topological polar surface area (TPSA) is 74.6 Å². The van der Waals surface area contributed by atoms with Crippen LogP contribution in [-0.4, -0.2) is 38.1 Å². The number of rotatable bonds is 5. The largest absolute Gasteiger partial charge is 0.493 e. The zero-order valence-electron chi connectivity index (χ0n) is 16.1. The van der Waals surface area contributed by atoms with Gasteiger partial charge in [0.15, 0.2) is 11.5 Å². The Morgan fingerprint density at radius 3 is 2.68 bits per heavy atom. The first-order chi connectivity index (χ1) is 13.5. The molecule has 0 unspecified atom stereocenters. The molecule has 146 valence electrons. The molecular formula is C21H22ClN3O3. The molecule has 2 aromatic carbocycles. The van der Waals surface area contributed by atoms with Crippen molar-refractivity contribution in [3.63, 3.8) is 0 Å². The Hall–Kier alpha value is -2.75. The van der Waals surface area contributed by atoms with Gasteiger partial charge in [0.25, 0.3) is 0 Å². The van der Waals surface area contributed by atoms with E-state index in [0.717, 1.165) is 18.5 Å². The van der Waals surface area contributed by atoms with Gasteiger partial charge in [0.05, 0.1) is 32.0 Å². The maximum Gasteiger partial charge on any atom is 0.238 e. The van der Waals surface area contributed by atoms with E-state index in [4.69, 9.17) is 21.1 Å². The van der Waals surface area contributed by atoms with Crippen molar-refractivity contribution in [3.8, 4) is 17.6 Å². The van der Waals surface area contributed by atoms with Crippen molar-refractivity contribution in [2.75, 3.05) is 32.6 Å². The summed E-state index contributed by atoms with van der Waals surface area (Å²) < 4.78 is 10.8. The normalized spacial score (nSPS) is 16.0. The molecule has 0 saturated carbocycles. The van der Waals surface area contributed by atoms with Crippen LogP contribution in [0.25, 0.3) is 0 Å². The molecule has 1 aliphatic rings. The van der Waals surface area contributed by atoms with E-state index in [1.807, 2.05) is 12.1 Å². The fourth-order valence-electron chi connectivity index (χ4n) is 3.50. The highest BCUT2D eigenvalue weighted by Crippen LogP contribution is 2.37. The van der Waals surface area contributed by atoms with Crippen LogP contribution in [0.4, 0.5) is 5.69 Å². The lowest BCUT2D eigenvalue weighted by Crippen LogP contribution is -2.39. The molecule has 3 rings (SSSR count). The number of halogens is 1. The van der Waals surface area contributed by atoms with Crippen LogP contribution in [0.5, 0.6) is 11.5 Å². The number of carbonyl (C=O) groups is 1. The van der Waals surface area contributed by atoms with Gasteiger partial charge in [-0.3, -0.25) is 9.69 Å². The molecule has 6 nitrogen and oxygen atoms in total. The Morgan fingerprint density at radius 1 is 1.29 bits per heavy atom. The number of ether oxygens (including phenoxy) is 2. The summed E-state index contributed by atoms with van der Waals surface area (Å²) >= 11 is 5.99. The summed E-state index contributed by atoms with van der Waals surface area (Å²) in [6.45, 7) is 3.03. The molecule has 28 heavy (non-hydrogen) atoms. The summed E-state index contributed by atoms with van der Waals surface area (Å²) in [6.07, 6.45) is 0.813. The number of nitrogens with zero attached hydrogens (tertiary/aromatic N) is 2. The molecule has 0 bridgehead atoms. The van der Waals surface area contributed by atoms with E-state index in [9.17, 15) is 10.1 Å². The second kappa shape index (κ2) is 8.51. The zero-order chi connectivity index (χ0) is 20.3. The Balaban J connectivity index is 1.75. The maximum absolute atomic E-state index is 12.6. The Bertz CT molecular complexity index is 939. The van der Waals surface area contributed by atoms with E-state index in [2.05, 4.69) is 23.2 Å². The number of methoxy groups -OCH3 is 2. The van der Waals surface area contributed by atoms with Gasteiger partial charge >= 0.3 is 0 Å². The van der Waals surface area contributed by atoms with Crippen molar-refractivity contribution >= 4 is 23.2 Å². The van der Waals surface area contributed by atoms with E-state index in [0.29, 0.717) is 27.8 Å². The zero-order valence-corrected chi connectivity index (χ0v) is 16.8. The van der Waals surface area contributed by atoms with Crippen molar-refractivity contribution in [3.05, 3.63) is 52.0 Å². The van der Waals surface area contributed by atoms with Gasteiger partial charge in [-0.1, -0.05) is 11.6 Å². The summed E-state index contributed by atoms with van der Waals surface area (Å²) in [5.41, 5.74) is 3.13. The quantitative estimate of drug-likeness (QED) is 0.827. The van der Waals surface area contributed by atoms with Gasteiger partial charge in [0.2, 0.25) is 5.91 Å². The molecule has 0 aliphatic carbocycles. The van der Waals surface area contributed by atoms with E-state index in [-0.39, 0.29) is 18.5 Å². The molecular weight excluding hydrogens is 378 g/mol. The molecule has 7 heteroatoms. The van der Waals surface area contributed by atoms with Gasteiger partial charge in [-0.05, 0) is 54.8 Å². The first-order valence-corrected chi connectivity index (χ1v) is 9.33. The molecule has 1 N–H and O–H groups in total. The highest BCUT2D eigenvalue weighted by atomic mass is 35.5. The Kier molecular flexibility index (Phi) is 6.08. The Labute approximate surface area is 169 Å². The summed E-state index contributed by atoms with van der Waals surface area (Å²) in [5.74, 6) is 1.20. The molecule has 0 fully saturated rings. The number of hydrogen-bond donors (Lipinski definition) is 1. The van der Waals surface area contributed by atoms with Gasteiger partial charge in [0.1, 0.15) is 6.07 Å². The monoisotopic (exact) mass is 399 g/mol. The third-order valence-corrected chi connectivity index (χ3v) is 5.27. The van der Waals surface area contributed by atoms with Crippen molar-refractivity contribution in [1.82, 2.24) is 4.90 Å². The molecule has 1 amide bonds. The Morgan fingerprint density at radius 2 is 2.00 bits per heavy atom. The number of carbonyl (C=O) groups excluding carboxylic acids is 1. The number of nitriles is 1. The van der Waals surface area contributed by atoms with E-state index in [1.165, 1.54) is 5.56 Å². The second-order valence-electron chi connectivity index (χ2n) is 6.65. The van der Waals surface area contributed by atoms with Crippen LogP contribution in [-0.2, 0) is 11.2 Å². The fraction of sp³-hybridized carbons (Fsp3) is 0.333. The number of benzene rings is 2. The van der Waals surface area contributed by atoms with Crippen molar-refractivity contribution in [2.24, 2.45) is 0 Å². The third-order valence-electron chi connectivity index (χ3n) is 5.03. The summed E-state index contributed by atoms with van der Waals surface area (Å²) in [5, 5.41) is 12.5. The summed E-state index contributed by atoms with van der Waals surface area (Å²) in [4.78, 5) is 14.7. The predicted octanol–water partition coefficient (Wildman–Crippen LogP) is 3.79. The van der Waals surface area contributed by atoms with Gasteiger partial charge < -0.3 is 14.8 Å². The van der Waals surface area contributed by atoms with Gasteiger partial charge in [0, 0.05) is 17.6 Å². The maximum atomic E-state index is 12.6. The van der Waals surface area contributed by atoms with E-state index < -0.39 is 0 Å². The van der Waals surface area contributed by atoms with E-state index >= 15 is 0 Å². The van der Waals surface area contributed by atoms with Crippen LogP contribution in [0.15, 0.2) is 30.3 Å². The third kappa shape index (κ3) is 4.06. The van der Waals surface area contributed by atoms with Gasteiger partial charge in [-0.2, -0.15) is 5.26 Å². The lowest BCUT2D eigenvalue weighted by molar-refractivity contribution is -0.117. The van der Waals surface area contributed by atoms with Crippen LogP contribution >= 0.6 is 11.6 Å². The smallest absolute Gasteiger partial charge is 0.238 e. The van der Waals surface area contributed by atoms with Gasteiger partial charge in [-0.25, -0.2) is 0 Å². The predicted molar refractivity (Wildman–Crippen MR) is 108 cm³/mol. The molecule has 1 aliphatic heterocycles. The molecule has 2 aromatic rings. The minimum Gasteiger partial charge on any atom is -0.493 e. The SMILES string of the molecule is COc1cc2c(cc1OC)[C@H](C)N(CC(=O)Nc1cc(Cl)ccc1C#N)CC2. The average molecular weight is 400 g/mol. The van der Waals surface area contributed by atoms with E-state index in [1.54, 1.807) is 32.4 Å². The molecule has 1 atom stereocenters. The summed E-state index contributed by atoms with van der Waals surface area (Å²) in [7, 11) is 3.24. The van der Waals surface area contributed by atoms with Crippen LogP contribution < -0.4 is 14.8 Å². The second-order valence-corrected chi connectivity index (χ2v) is 7.09. The molecule has 0 spiro atoms.